The summed E-state index contributed by atoms with van der Waals surface area (Å²) >= 11 is 0. The number of hydrogen-bond donors (Lipinski definition) is 2. The van der Waals surface area contributed by atoms with Crippen molar-refractivity contribution in [2.75, 3.05) is 11.9 Å². The molecule has 2 aromatic carbocycles. The summed E-state index contributed by atoms with van der Waals surface area (Å²) in [5, 5.41) is 2.98. The molecule has 0 saturated heterocycles. The van der Waals surface area contributed by atoms with E-state index in [0.29, 0.717) is 12.1 Å². The Morgan fingerprint density at radius 2 is 1.73 bits per heavy atom. The fraction of sp³-hybridized carbons (Fsp3) is 0.320. The number of aliphatic imine (C=N–C) groups is 2. The van der Waals surface area contributed by atoms with E-state index in [1.807, 2.05) is 56.3 Å². The Bertz CT molecular complexity index is 818. The molecule has 5 heteroatoms. The van der Waals surface area contributed by atoms with E-state index in [1.54, 1.807) is 0 Å². The van der Waals surface area contributed by atoms with Crippen LogP contribution in [0.4, 0.5) is 5.69 Å². The van der Waals surface area contributed by atoms with Crippen LogP contribution < -0.4 is 11.1 Å². The summed E-state index contributed by atoms with van der Waals surface area (Å²) < 4.78 is 0. The van der Waals surface area contributed by atoms with Crippen LogP contribution in [0.5, 0.6) is 0 Å². The van der Waals surface area contributed by atoms with E-state index >= 15 is 0 Å². The third-order valence-electron chi connectivity index (χ3n) is 4.28. The molecule has 0 aliphatic carbocycles. The van der Waals surface area contributed by atoms with Gasteiger partial charge in [0, 0.05) is 17.8 Å². The predicted octanol–water partition coefficient (Wildman–Crippen LogP) is 5.54. The fourth-order valence-electron chi connectivity index (χ4n) is 2.53. The molecule has 0 unspecified atom stereocenters. The number of rotatable bonds is 5. The number of carbonyl (C=O) groups is 1. The highest BCUT2D eigenvalue weighted by Gasteiger charge is 2.15. The van der Waals surface area contributed by atoms with Crippen LogP contribution >= 0.6 is 0 Å². The predicted molar refractivity (Wildman–Crippen MR) is 132 cm³/mol. The Morgan fingerprint density at radius 3 is 2.17 bits per heavy atom. The van der Waals surface area contributed by atoms with E-state index < -0.39 is 0 Å². The van der Waals surface area contributed by atoms with Crippen LogP contribution in [-0.4, -0.2) is 25.5 Å². The van der Waals surface area contributed by atoms with Crippen LogP contribution in [0.2, 0.25) is 0 Å². The minimum atomic E-state index is -0.0997. The molecule has 2 rings (SSSR count). The SMILES string of the molecule is C=C.C=NCc1cccc(NC(=O)c2ccc(C(C)(C)C)cc2)c1C.CCN=CN. The lowest BCUT2D eigenvalue weighted by atomic mass is 9.86. The number of anilines is 1. The molecule has 0 fully saturated rings. The monoisotopic (exact) mass is 408 g/mol. The van der Waals surface area contributed by atoms with E-state index in [1.165, 1.54) is 11.9 Å². The van der Waals surface area contributed by atoms with Gasteiger partial charge in [-0.25, -0.2) is 0 Å². The van der Waals surface area contributed by atoms with Gasteiger partial charge in [0.1, 0.15) is 0 Å². The maximum absolute atomic E-state index is 12.4. The first-order chi connectivity index (χ1) is 14.2. The summed E-state index contributed by atoms with van der Waals surface area (Å²) in [5.41, 5.74) is 9.71. The molecule has 1 amide bonds. The highest BCUT2D eigenvalue weighted by Crippen LogP contribution is 2.23. The maximum atomic E-state index is 12.4. The molecule has 162 valence electrons. The van der Waals surface area contributed by atoms with Crippen molar-refractivity contribution in [1.29, 1.82) is 0 Å². The number of nitrogens with one attached hydrogen (secondary N) is 1. The zero-order valence-electron chi connectivity index (χ0n) is 19.0. The Kier molecular flexibility index (Phi) is 12.4. The van der Waals surface area contributed by atoms with Crippen LogP contribution in [0.3, 0.4) is 0 Å². The first-order valence-electron chi connectivity index (χ1n) is 9.87. The van der Waals surface area contributed by atoms with Gasteiger partial charge < -0.3 is 11.1 Å². The molecule has 0 aromatic heterocycles. The molecular formula is C25H36N4O. The number of nitrogens with two attached hydrogens (primary N) is 1. The second-order valence-electron chi connectivity index (χ2n) is 7.40. The third-order valence-corrected chi connectivity index (χ3v) is 4.28. The van der Waals surface area contributed by atoms with E-state index in [0.717, 1.165) is 23.4 Å². The molecule has 0 radical (unpaired) electrons. The standard InChI is InChI=1S/C20H24N2O.C3H8N2.C2H4/c1-14-16(13-21-5)7-6-8-18(14)22-19(23)15-9-11-17(12-10-15)20(2,3)4;1-2-5-3-4;1-2/h6-12H,5,13H2,1-4H3,(H,22,23);3H,2H2,1H3,(H2,4,5);1-2H2. The van der Waals surface area contributed by atoms with Gasteiger partial charge in [-0.15, -0.1) is 13.2 Å². The van der Waals surface area contributed by atoms with Crippen molar-refractivity contribution in [3.8, 4) is 0 Å². The summed E-state index contributed by atoms with van der Waals surface area (Å²) in [4.78, 5) is 20.0. The molecule has 0 aliphatic rings. The van der Waals surface area contributed by atoms with Crippen LogP contribution in [-0.2, 0) is 12.0 Å². The molecule has 0 heterocycles. The summed E-state index contributed by atoms with van der Waals surface area (Å²) in [6, 6.07) is 13.6. The highest BCUT2D eigenvalue weighted by atomic mass is 16.1. The number of carbonyl (C=O) groups excluding carboxylic acids is 1. The number of amides is 1. The molecule has 5 nitrogen and oxygen atoms in total. The summed E-state index contributed by atoms with van der Waals surface area (Å²) in [6.45, 7) is 21.3. The van der Waals surface area contributed by atoms with Crippen LogP contribution in [0, 0.1) is 6.92 Å². The minimum absolute atomic E-state index is 0.0810. The van der Waals surface area contributed by atoms with E-state index in [-0.39, 0.29) is 11.3 Å². The third kappa shape index (κ3) is 8.86. The van der Waals surface area contributed by atoms with Crippen molar-refractivity contribution in [3.05, 3.63) is 77.9 Å². The topological polar surface area (TPSA) is 79.8 Å². The first kappa shape index (κ1) is 26.8. The average molecular weight is 409 g/mol. The largest absolute Gasteiger partial charge is 0.390 e. The second-order valence-corrected chi connectivity index (χ2v) is 7.40. The van der Waals surface area contributed by atoms with Crippen molar-refractivity contribution in [2.24, 2.45) is 15.7 Å². The summed E-state index contributed by atoms with van der Waals surface area (Å²) in [6.07, 6.45) is 1.31. The van der Waals surface area contributed by atoms with Gasteiger partial charge in [0.25, 0.3) is 5.91 Å². The van der Waals surface area contributed by atoms with Gasteiger partial charge in [-0.1, -0.05) is 45.0 Å². The molecular weight excluding hydrogens is 372 g/mol. The van der Waals surface area contributed by atoms with Crippen molar-refractivity contribution < 1.29 is 4.79 Å². The second kappa shape index (κ2) is 13.9. The smallest absolute Gasteiger partial charge is 0.255 e. The lowest BCUT2D eigenvalue weighted by molar-refractivity contribution is 0.102. The Morgan fingerprint density at radius 1 is 1.13 bits per heavy atom. The fourth-order valence-corrected chi connectivity index (χ4v) is 2.53. The Balaban J connectivity index is 0.00000105. The van der Waals surface area contributed by atoms with Gasteiger partial charge in [-0.05, 0) is 60.9 Å². The lowest BCUT2D eigenvalue weighted by Crippen LogP contribution is -2.15. The minimum Gasteiger partial charge on any atom is -0.390 e. The molecule has 0 bridgehead atoms. The van der Waals surface area contributed by atoms with E-state index in [9.17, 15) is 4.79 Å². The maximum Gasteiger partial charge on any atom is 0.255 e. The molecule has 3 N–H and O–H groups in total. The zero-order chi connectivity index (χ0) is 23.2. The van der Waals surface area contributed by atoms with Crippen molar-refractivity contribution in [2.45, 2.75) is 46.6 Å². The van der Waals surface area contributed by atoms with Crippen LogP contribution in [0.15, 0.2) is 65.6 Å². The lowest BCUT2D eigenvalue weighted by Gasteiger charge is -2.19. The van der Waals surface area contributed by atoms with E-state index in [2.05, 4.69) is 55.9 Å². The van der Waals surface area contributed by atoms with Gasteiger partial charge in [0.05, 0.1) is 12.9 Å². The Labute approximate surface area is 181 Å². The molecule has 30 heavy (non-hydrogen) atoms. The summed E-state index contributed by atoms with van der Waals surface area (Å²) in [5.74, 6) is -0.0997. The van der Waals surface area contributed by atoms with Gasteiger partial charge >= 0.3 is 0 Å². The van der Waals surface area contributed by atoms with Gasteiger partial charge in [0.2, 0.25) is 0 Å². The quantitative estimate of drug-likeness (QED) is 0.387. The van der Waals surface area contributed by atoms with Gasteiger partial charge in [0.15, 0.2) is 0 Å². The van der Waals surface area contributed by atoms with Gasteiger partial charge in [-0.3, -0.25) is 14.8 Å². The van der Waals surface area contributed by atoms with E-state index in [4.69, 9.17) is 5.73 Å². The molecule has 0 saturated carbocycles. The molecule has 0 atom stereocenters. The number of hydrogen-bond acceptors (Lipinski definition) is 3. The number of benzene rings is 2. The van der Waals surface area contributed by atoms with Crippen molar-refractivity contribution >= 4 is 24.7 Å². The summed E-state index contributed by atoms with van der Waals surface area (Å²) in [7, 11) is 0. The Hall–Kier alpha value is -3.21. The normalized spacial score (nSPS) is 10.3. The van der Waals surface area contributed by atoms with Crippen LogP contribution in [0.25, 0.3) is 0 Å². The average Bonchev–Trinajstić information content (AvgIpc) is 2.73. The highest BCUT2D eigenvalue weighted by molar-refractivity contribution is 6.04. The zero-order valence-corrected chi connectivity index (χ0v) is 19.0. The van der Waals surface area contributed by atoms with Crippen molar-refractivity contribution in [3.63, 3.8) is 0 Å². The van der Waals surface area contributed by atoms with Crippen LogP contribution in [0.1, 0.15) is 54.7 Å². The number of nitrogens with zero attached hydrogens (tertiary/aromatic N) is 2. The molecule has 0 aliphatic heterocycles. The molecule has 2 aromatic rings. The first-order valence-corrected chi connectivity index (χ1v) is 9.87. The van der Waals surface area contributed by atoms with Gasteiger partial charge in [-0.2, -0.15) is 0 Å². The van der Waals surface area contributed by atoms with Crippen molar-refractivity contribution in [1.82, 2.24) is 0 Å². The molecule has 0 spiro atoms.